The summed E-state index contributed by atoms with van der Waals surface area (Å²) in [6, 6.07) is 14.4. The molecule has 0 fully saturated rings. The maximum Gasteiger partial charge on any atom is 0.248 e. The fourth-order valence-corrected chi connectivity index (χ4v) is 2.41. The van der Waals surface area contributed by atoms with Crippen LogP contribution in [0.2, 0.25) is 0 Å². The maximum absolute atomic E-state index is 13.5. The second kappa shape index (κ2) is 7.13. The molecule has 1 amide bonds. The fraction of sp³-hybridized carbons (Fsp3) is 0.0500. The molecular formula is C20H15F2NO2. The zero-order valence-corrected chi connectivity index (χ0v) is 13.4. The first-order valence-electron chi connectivity index (χ1n) is 7.57. The molecule has 0 bridgehead atoms. The number of carbonyl (C=O) groups is 1. The van der Waals surface area contributed by atoms with E-state index < -0.39 is 17.5 Å². The van der Waals surface area contributed by atoms with Crippen molar-refractivity contribution in [3.63, 3.8) is 0 Å². The number of rotatable bonds is 4. The molecule has 0 aromatic heterocycles. The average molecular weight is 339 g/mol. The van der Waals surface area contributed by atoms with Crippen LogP contribution in [0.25, 0.3) is 16.8 Å². The molecule has 0 saturated heterocycles. The highest BCUT2D eigenvalue weighted by molar-refractivity contribution is 6.02. The summed E-state index contributed by atoms with van der Waals surface area (Å²) in [6.07, 6.45) is 2.92. The van der Waals surface area contributed by atoms with Crippen molar-refractivity contribution in [1.29, 1.82) is 0 Å². The maximum atomic E-state index is 13.5. The van der Waals surface area contributed by atoms with Gasteiger partial charge in [-0.1, -0.05) is 18.2 Å². The van der Waals surface area contributed by atoms with Crippen molar-refractivity contribution in [2.24, 2.45) is 0 Å². The summed E-state index contributed by atoms with van der Waals surface area (Å²) in [4.78, 5) is 11.9. The first-order valence-corrected chi connectivity index (χ1v) is 7.57. The summed E-state index contributed by atoms with van der Waals surface area (Å²) in [5.41, 5.74) is 0.758. The van der Waals surface area contributed by atoms with Crippen molar-refractivity contribution in [2.45, 2.75) is 0 Å². The molecule has 0 radical (unpaired) electrons. The fourth-order valence-electron chi connectivity index (χ4n) is 2.41. The Kier molecular flexibility index (Phi) is 4.75. The summed E-state index contributed by atoms with van der Waals surface area (Å²) in [5, 5.41) is 4.41. The van der Waals surface area contributed by atoms with Gasteiger partial charge in [0.15, 0.2) is 0 Å². The Bertz CT molecular complexity index is 967. The third-order valence-electron chi connectivity index (χ3n) is 3.69. The zero-order chi connectivity index (χ0) is 17.8. The van der Waals surface area contributed by atoms with Gasteiger partial charge in [-0.3, -0.25) is 4.79 Å². The van der Waals surface area contributed by atoms with Crippen LogP contribution in [0.5, 0.6) is 5.75 Å². The lowest BCUT2D eigenvalue weighted by Gasteiger charge is -2.04. The molecule has 5 heteroatoms. The monoisotopic (exact) mass is 339 g/mol. The SMILES string of the molecule is COc1ccc2cc(/C=C/C(=O)Nc3ccc(F)cc3F)ccc2c1. The van der Waals surface area contributed by atoms with Crippen LogP contribution in [0, 0.1) is 11.6 Å². The number of ether oxygens (including phenoxy) is 1. The molecule has 0 aliphatic heterocycles. The number of amides is 1. The van der Waals surface area contributed by atoms with Gasteiger partial charge in [0.05, 0.1) is 12.8 Å². The Morgan fingerprint density at radius 3 is 2.52 bits per heavy atom. The first-order chi connectivity index (χ1) is 12.0. The number of fused-ring (bicyclic) bond motifs is 1. The molecule has 126 valence electrons. The molecule has 0 atom stereocenters. The Labute approximate surface area is 143 Å². The lowest BCUT2D eigenvalue weighted by Crippen LogP contribution is -2.09. The number of carbonyl (C=O) groups excluding carboxylic acids is 1. The summed E-state index contributed by atoms with van der Waals surface area (Å²) in [5.74, 6) is -1.24. The molecule has 1 N–H and O–H groups in total. The van der Waals surface area contributed by atoms with Gasteiger partial charge in [0.1, 0.15) is 17.4 Å². The minimum atomic E-state index is -0.818. The van der Waals surface area contributed by atoms with Crippen LogP contribution in [0.15, 0.2) is 60.7 Å². The summed E-state index contributed by atoms with van der Waals surface area (Å²) in [7, 11) is 1.61. The highest BCUT2D eigenvalue weighted by Crippen LogP contribution is 2.22. The topological polar surface area (TPSA) is 38.3 Å². The number of nitrogens with one attached hydrogen (secondary N) is 1. The highest BCUT2D eigenvalue weighted by Gasteiger charge is 2.05. The Balaban J connectivity index is 1.74. The predicted molar refractivity (Wildman–Crippen MR) is 94.5 cm³/mol. The van der Waals surface area contributed by atoms with E-state index in [1.807, 2.05) is 36.4 Å². The van der Waals surface area contributed by atoms with Crippen LogP contribution in [0.4, 0.5) is 14.5 Å². The molecule has 0 heterocycles. The number of hydrogen-bond acceptors (Lipinski definition) is 2. The van der Waals surface area contributed by atoms with Gasteiger partial charge in [0.25, 0.3) is 0 Å². The van der Waals surface area contributed by atoms with Crippen LogP contribution in [-0.2, 0) is 4.79 Å². The summed E-state index contributed by atoms with van der Waals surface area (Å²) >= 11 is 0. The van der Waals surface area contributed by atoms with Crippen LogP contribution in [0.1, 0.15) is 5.56 Å². The zero-order valence-electron chi connectivity index (χ0n) is 13.4. The molecule has 0 spiro atoms. The molecule has 25 heavy (non-hydrogen) atoms. The molecule has 3 rings (SSSR count). The van der Waals surface area contributed by atoms with Gasteiger partial charge in [-0.2, -0.15) is 0 Å². The number of hydrogen-bond donors (Lipinski definition) is 1. The molecule has 0 aliphatic carbocycles. The van der Waals surface area contributed by atoms with E-state index in [4.69, 9.17) is 4.74 Å². The normalized spacial score (nSPS) is 11.0. The number of anilines is 1. The Hall–Kier alpha value is -3.21. The molecule has 0 aliphatic rings. The average Bonchev–Trinajstić information content (AvgIpc) is 2.61. The van der Waals surface area contributed by atoms with Crippen LogP contribution in [0.3, 0.4) is 0 Å². The largest absolute Gasteiger partial charge is 0.497 e. The molecule has 3 aromatic rings. The smallest absolute Gasteiger partial charge is 0.248 e. The van der Waals surface area contributed by atoms with Crippen LogP contribution in [-0.4, -0.2) is 13.0 Å². The van der Waals surface area contributed by atoms with Crippen molar-refractivity contribution in [3.05, 3.63) is 77.9 Å². The van der Waals surface area contributed by atoms with Crippen molar-refractivity contribution in [1.82, 2.24) is 0 Å². The van der Waals surface area contributed by atoms with Gasteiger partial charge < -0.3 is 10.1 Å². The van der Waals surface area contributed by atoms with Crippen molar-refractivity contribution < 1.29 is 18.3 Å². The molecule has 0 saturated carbocycles. The third kappa shape index (κ3) is 4.01. The number of benzene rings is 3. The van der Waals surface area contributed by atoms with Crippen LogP contribution >= 0.6 is 0 Å². The van der Waals surface area contributed by atoms with Gasteiger partial charge in [-0.05, 0) is 52.7 Å². The Morgan fingerprint density at radius 2 is 1.76 bits per heavy atom. The van der Waals surface area contributed by atoms with Gasteiger partial charge in [0.2, 0.25) is 5.91 Å². The van der Waals surface area contributed by atoms with E-state index in [-0.39, 0.29) is 5.69 Å². The second-order valence-electron chi connectivity index (χ2n) is 5.42. The lowest BCUT2D eigenvalue weighted by molar-refractivity contribution is -0.111. The lowest BCUT2D eigenvalue weighted by atomic mass is 10.1. The van der Waals surface area contributed by atoms with Gasteiger partial charge in [-0.25, -0.2) is 8.78 Å². The van der Waals surface area contributed by atoms with Gasteiger partial charge >= 0.3 is 0 Å². The Morgan fingerprint density at radius 1 is 1.00 bits per heavy atom. The van der Waals surface area contributed by atoms with E-state index in [9.17, 15) is 13.6 Å². The van der Waals surface area contributed by atoms with E-state index in [0.29, 0.717) is 0 Å². The number of halogens is 2. The molecule has 3 nitrogen and oxygen atoms in total. The minimum absolute atomic E-state index is 0.0679. The van der Waals surface area contributed by atoms with Crippen molar-refractivity contribution in [3.8, 4) is 5.75 Å². The third-order valence-corrected chi connectivity index (χ3v) is 3.69. The predicted octanol–water partition coefficient (Wildman–Crippen LogP) is 4.78. The molecular weight excluding hydrogens is 324 g/mol. The quantitative estimate of drug-likeness (QED) is 0.695. The molecule has 3 aromatic carbocycles. The first kappa shape index (κ1) is 16.6. The highest BCUT2D eigenvalue weighted by atomic mass is 19.1. The van der Waals surface area contributed by atoms with E-state index in [1.54, 1.807) is 13.2 Å². The standard InChI is InChI=1S/C20H15F2NO2/c1-25-17-7-5-14-10-13(2-4-15(14)11-17)3-9-20(24)23-19-8-6-16(21)12-18(19)22/h2-12H,1H3,(H,23,24)/b9-3+. The van der Waals surface area contributed by atoms with Gasteiger partial charge in [0, 0.05) is 12.1 Å². The second-order valence-corrected chi connectivity index (χ2v) is 5.42. The van der Waals surface area contributed by atoms with E-state index in [1.165, 1.54) is 12.1 Å². The summed E-state index contributed by atoms with van der Waals surface area (Å²) < 4.78 is 31.6. The molecule has 0 unspecified atom stereocenters. The van der Waals surface area contributed by atoms with E-state index >= 15 is 0 Å². The van der Waals surface area contributed by atoms with Crippen LogP contribution < -0.4 is 10.1 Å². The summed E-state index contributed by atoms with van der Waals surface area (Å²) in [6.45, 7) is 0. The minimum Gasteiger partial charge on any atom is -0.497 e. The van der Waals surface area contributed by atoms with Crippen molar-refractivity contribution in [2.75, 3.05) is 12.4 Å². The van der Waals surface area contributed by atoms with E-state index in [2.05, 4.69) is 5.32 Å². The van der Waals surface area contributed by atoms with Crippen molar-refractivity contribution >= 4 is 28.4 Å². The van der Waals surface area contributed by atoms with E-state index in [0.717, 1.165) is 34.2 Å². The number of methoxy groups -OCH3 is 1. The van der Waals surface area contributed by atoms with Gasteiger partial charge in [-0.15, -0.1) is 0 Å².